The van der Waals surface area contributed by atoms with E-state index in [1.165, 1.54) is 5.38 Å². The van der Waals surface area contributed by atoms with E-state index in [0.29, 0.717) is 6.07 Å². The van der Waals surface area contributed by atoms with Gasteiger partial charge in [-0.2, -0.15) is 26.3 Å². The zero-order chi connectivity index (χ0) is 32.5. The molecule has 0 aromatic carbocycles. The molecule has 0 spiro atoms. The number of anilines is 1. The van der Waals surface area contributed by atoms with Crippen LogP contribution in [0, 0.1) is 0 Å². The Balaban J connectivity index is 1.81. The highest BCUT2D eigenvalue weighted by molar-refractivity contribution is 7.87. The van der Waals surface area contributed by atoms with Gasteiger partial charge in [0.2, 0.25) is 5.60 Å². The van der Waals surface area contributed by atoms with Crippen LogP contribution < -0.4 is 26.1 Å². The molecule has 3 rings (SSSR count). The Morgan fingerprint density at radius 2 is 1.86 bits per heavy atom. The minimum Gasteiger partial charge on any atom is -0.508 e. The van der Waals surface area contributed by atoms with Gasteiger partial charge < -0.3 is 31.3 Å². The second-order valence-electron chi connectivity index (χ2n) is 9.08. The average molecular weight is 669 g/mol. The molecule has 0 unspecified atom stereocenters. The third kappa shape index (κ3) is 7.73. The topological polar surface area (TPSA) is 322 Å². The van der Waals surface area contributed by atoms with Gasteiger partial charge in [0.1, 0.15) is 17.5 Å². The molecule has 0 bridgehead atoms. The monoisotopic (exact) mass is 668 g/mol. The van der Waals surface area contributed by atoms with Crippen LogP contribution in [0.15, 0.2) is 27.5 Å². The summed E-state index contributed by atoms with van der Waals surface area (Å²) in [5.74, 6) is -4.65. The minimum atomic E-state index is -5.25. The highest BCUT2D eigenvalue weighted by Crippen LogP contribution is 2.24. The summed E-state index contributed by atoms with van der Waals surface area (Å²) in [6.45, 7) is 0.556. The third-order valence-corrected chi connectivity index (χ3v) is 8.25. The molecule has 1 saturated heterocycles. The summed E-state index contributed by atoms with van der Waals surface area (Å²) in [5.41, 5.74) is 1.29. The Labute approximate surface area is 245 Å². The summed E-state index contributed by atoms with van der Waals surface area (Å²) < 4.78 is 61.7. The Hall–Kier alpha value is -4.36. The molecule has 2 amide bonds. The summed E-state index contributed by atoms with van der Waals surface area (Å²) in [6, 6.07) is -1.99. The largest absolute Gasteiger partial charge is 0.508 e. The first-order valence-electron chi connectivity index (χ1n) is 11.4. The maximum absolute atomic E-state index is 13.1. The number of carbonyl (C=O) groups is 3. The van der Waals surface area contributed by atoms with E-state index in [-0.39, 0.29) is 25.6 Å². The van der Waals surface area contributed by atoms with Gasteiger partial charge in [-0.15, -0.1) is 11.3 Å². The first-order chi connectivity index (χ1) is 19.7. The Morgan fingerprint density at radius 1 is 1.21 bits per heavy atom. The fraction of sp³-hybridized carbons (Fsp3) is 0.368. The Bertz CT molecular complexity index is 1750. The smallest absolute Gasteiger partial charge is 0.362 e. The number of β-lactam (4-membered cyclic amide) rings is 1. The maximum atomic E-state index is 13.1. The molecular formula is C19H24N8O13S3. The predicted molar refractivity (Wildman–Crippen MR) is 143 cm³/mol. The average Bonchev–Trinajstić information content (AvgIpc) is 3.30. The van der Waals surface area contributed by atoms with Gasteiger partial charge >= 0.3 is 16.3 Å². The fourth-order valence-electron chi connectivity index (χ4n) is 3.31. The predicted octanol–water partition coefficient (Wildman–Crippen LogP) is -3.46. The lowest BCUT2D eigenvalue weighted by Crippen LogP contribution is -2.74. The molecule has 1 aliphatic rings. The molecule has 2 atom stereocenters. The lowest BCUT2D eigenvalue weighted by molar-refractivity contribution is -0.161. The van der Waals surface area contributed by atoms with E-state index in [2.05, 4.69) is 15.5 Å². The SMILES string of the molecule is CC(C)(ON=C(C(=O)N[C@@H]1C(=O)N(S(=O)(=O)O)[C@@H]1CNS(=O)(=O)NCc1cc(O)cc(=O)n1O)c1csc(N)n1)C(=O)O. The van der Waals surface area contributed by atoms with Gasteiger partial charge in [-0.3, -0.25) is 18.9 Å². The zero-order valence-electron chi connectivity index (χ0n) is 21.9. The van der Waals surface area contributed by atoms with E-state index in [4.69, 9.17) is 10.6 Å². The number of rotatable bonds is 13. The van der Waals surface area contributed by atoms with Crippen molar-refractivity contribution in [3.63, 3.8) is 0 Å². The number of aromatic nitrogens is 2. The van der Waals surface area contributed by atoms with Gasteiger partial charge in [-0.05, 0) is 13.8 Å². The number of amides is 2. The van der Waals surface area contributed by atoms with Crippen LogP contribution in [-0.2, 0) is 46.3 Å². The number of aromatic hydroxyl groups is 1. The van der Waals surface area contributed by atoms with Crippen molar-refractivity contribution in [2.75, 3.05) is 12.3 Å². The maximum Gasteiger partial charge on any atom is 0.362 e. The minimum absolute atomic E-state index is 0.0334. The molecule has 0 saturated carbocycles. The number of hydrogen-bond donors (Lipinski definition) is 8. The first kappa shape index (κ1) is 33.1. The number of hydrogen-bond acceptors (Lipinski definition) is 15. The molecular weight excluding hydrogens is 644 g/mol. The summed E-state index contributed by atoms with van der Waals surface area (Å²) in [4.78, 5) is 57.4. The second-order valence-corrected chi connectivity index (χ2v) is 12.8. The second kappa shape index (κ2) is 12.1. The highest BCUT2D eigenvalue weighted by Gasteiger charge is 2.54. The molecule has 2 aromatic rings. The van der Waals surface area contributed by atoms with Gasteiger partial charge in [0.15, 0.2) is 10.8 Å². The van der Waals surface area contributed by atoms with Crippen LogP contribution in [0.25, 0.3) is 0 Å². The number of aliphatic carboxylic acids is 1. The quantitative estimate of drug-likeness (QED) is 0.0338. The number of carbonyl (C=O) groups excluding carboxylic acids is 2. The van der Waals surface area contributed by atoms with Gasteiger partial charge in [0.05, 0.1) is 18.3 Å². The lowest BCUT2D eigenvalue weighted by Gasteiger charge is -2.44. The van der Waals surface area contributed by atoms with Crippen molar-refractivity contribution in [1.29, 1.82) is 0 Å². The molecule has 43 heavy (non-hydrogen) atoms. The normalized spacial score (nSPS) is 17.8. The van der Waals surface area contributed by atoms with Gasteiger partial charge in [-0.1, -0.05) is 5.16 Å². The fourth-order valence-corrected chi connectivity index (χ4v) is 5.57. The van der Waals surface area contributed by atoms with Crippen molar-refractivity contribution in [2.45, 2.75) is 38.1 Å². The van der Waals surface area contributed by atoms with E-state index in [9.17, 15) is 56.0 Å². The molecule has 2 aromatic heterocycles. The summed E-state index contributed by atoms with van der Waals surface area (Å²) >= 11 is 0.864. The molecule has 24 heteroatoms. The van der Waals surface area contributed by atoms with Crippen molar-refractivity contribution >= 4 is 60.5 Å². The number of thiazole rings is 1. The van der Waals surface area contributed by atoms with Crippen LogP contribution in [0.5, 0.6) is 5.75 Å². The standard InChI is InChI=1S/C19H24N8O13S3/c1-19(2,17(32)33)40-25-13(10-7-41-18(20)23-10)15(30)24-14-11(27(16(14)31)43(37,38)39)6-22-42(35,36)21-5-8-3-9(28)4-12(29)26(8)34/h3-4,7,11,14,21-22,28,34H,5-6H2,1-2H3,(H2,20,23)(H,24,30)(H,32,33)(H,37,38,39)/t11-,14+/m1/s1. The van der Waals surface area contributed by atoms with E-state index in [0.717, 1.165) is 31.3 Å². The number of carboxylic acid groups (broad SMARTS) is 1. The zero-order valence-corrected chi connectivity index (χ0v) is 24.3. The molecule has 3 heterocycles. The molecule has 0 aliphatic carbocycles. The summed E-state index contributed by atoms with van der Waals surface area (Å²) in [7, 11) is -9.83. The molecule has 1 fully saturated rings. The van der Waals surface area contributed by atoms with Crippen molar-refractivity contribution < 1.29 is 56.0 Å². The van der Waals surface area contributed by atoms with Crippen molar-refractivity contribution in [2.24, 2.45) is 5.16 Å². The number of pyridine rings is 1. The number of nitrogens with one attached hydrogen (secondary N) is 3. The lowest BCUT2D eigenvalue weighted by atomic mass is 9.98. The molecule has 21 nitrogen and oxygen atoms in total. The van der Waals surface area contributed by atoms with Crippen LogP contribution >= 0.6 is 11.3 Å². The van der Waals surface area contributed by atoms with Crippen molar-refractivity contribution in [1.82, 2.24) is 28.8 Å². The Kier molecular flexibility index (Phi) is 9.32. The van der Waals surface area contributed by atoms with E-state index >= 15 is 0 Å². The van der Waals surface area contributed by atoms with Crippen LogP contribution in [0.3, 0.4) is 0 Å². The molecule has 236 valence electrons. The first-order valence-corrected chi connectivity index (χ1v) is 15.2. The van der Waals surface area contributed by atoms with Gasteiger partial charge in [0.25, 0.3) is 27.6 Å². The number of nitrogens with two attached hydrogens (primary N) is 1. The van der Waals surface area contributed by atoms with E-state index < -0.39 is 86.1 Å². The number of oxime groups is 1. The van der Waals surface area contributed by atoms with Gasteiger partial charge in [-0.25, -0.2) is 18.8 Å². The van der Waals surface area contributed by atoms with Crippen LogP contribution in [0.2, 0.25) is 0 Å². The third-order valence-electron chi connectivity index (χ3n) is 5.56. The highest BCUT2D eigenvalue weighted by atomic mass is 32.2. The molecule has 9 N–H and O–H groups in total. The number of nitrogen functional groups attached to an aromatic ring is 1. The van der Waals surface area contributed by atoms with E-state index in [1.807, 2.05) is 9.44 Å². The van der Waals surface area contributed by atoms with Crippen molar-refractivity contribution in [3.05, 3.63) is 39.3 Å². The van der Waals surface area contributed by atoms with Crippen LogP contribution in [0.1, 0.15) is 25.2 Å². The van der Waals surface area contributed by atoms with Gasteiger partial charge in [0, 0.05) is 24.1 Å². The summed E-state index contributed by atoms with van der Waals surface area (Å²) in [5, 5.41) is 35.3. The molecule has 1 aliphatic heterocycles. The van der Waals surface area contributed by atoms with Crippen LogP contribution in [-0.4, -0.2) is 98.6 Å². The molecule has 0 radical (unpaired) electrons. The van der Waals surface area contributed by atoms with E-state index in [1.54, 1.807) is 0 Å². The van der Waals surface area contributed by atoms with Crippen LogP contribution in [0.4, 0.5) is 5.13 Å². The number of carboxylic acids is 1. The van der Waals surface area contributed by atoms with Crippen molar-refractivity contribution in [3.8, 4) is 5.75 Å². The number of nitrogens with zero attached hydrogens (tertiary/aromatic N) is 4. The summed E-state index contributed by atoms with van der Waals surface area (Å²) in [6.07, 6.45) is 0. The Morgan fingerprint density at radius 3 is 2.42 bits per heavy atom.